The van der Waals surface area contributed by atoms with Crippen molar-refractivity contribution in [3.8, 4) is 11.5 Å². The van der Waals surface area contributed by atoms with E-state index in [0.29, 0.717) is 36.2 Å². The lowest BCUT2D eigenvalue weighted by molar-refractivity contribution is -0.138. The molecule has 34 heavy (non-hydrogen) atoms. The van der Waals surface area contributed by atoms with Gasteiger partial charge in [-0.3, -0.25) is 14.4 Å². The molecule has 0 spiro atoms. The lowest BCUT2D eigenvalue weighted by Crippen LogP contribution is -2.48. The molecule has 0 saturated carbocycles. The van der Waals surface area contributed by atoms with Crippen molar-refractivity contribution < 1.29 is 23.9 Å². The summed E-state index contributed by atoms with van der Waals surface area (Å²) >= 11 is 0.949. The second kappa shape index (κ2) is 9.57. The number of nitrogens with one attached hydrogen (secondary N) is 1. The Morgan fingerprint density at radius 2 is 1.76 bits per heavy atom. The maximum atomic E-state index is 13.1. The average Bonchev–Trinajstić information content (AvgIpc) is 3.53. The molecule has 4 heterocycles. The minimum absolute atomic E-state index is 0.0908. The Hall–Kier alpha value is -3.21. The van der Waals surface area contributed by atoms with Crippen LogP contribution in [0.2, 0.25) is 0 Å². The van der Waals surface area contributed by atoms with Gasteiger partial charge in [0.25, 0.3) is 11.8 Å². The zero-order valence-electron chi connectivity index (χ0n) is 19.0. The molecule has 10 nitrogen and oxygen atoms in total. The highest BCUT2D eigenvalue weighted by Gasteiger charge is 2.34. The van der Waals surface area contributed by atoms with E-state index in [2.05, 4.69) is 22.4 Å². The second-order valence-corrected chi connectivity index (χ2v) is 10.0. The van der Waals surface area contributed by atoms with Gasteiger partial charge in [0.1, 0.15) is 0 Å². The number of rotatable bonds is 4. The molecule has 3 amide bonds. The number of piperidine rings is 2. The van der Waals surface area contributed by atoms with E-state index in [1.165, 1.54) is 0 Å². The van der Waals surface area contributed by atoms with Crippen LogP contribution in [0.4, 0.5) is 5.69 Å². The fourth-order valence-electron chi connectivity index (χ4n) is 4.55. The lowest BCUT2D eigenvalue weighted by atomic mass is 9.93. The van der Waals surface area contributed by atoms with Crippen LogP contribution in [0.1, 0.15) is 52.2 Å². The Morgan fingerprint density at radius 1 is 1.00 bits per heavy atom. The molecule has 3 aliphatic heterocycles. The molecule has 1 unspecified atom stereocenters. The topological polar surface area (TPSA) is 114 Å². The molecule has 11 heteroatoms. The first-order chi connectivity index (χ1) is 16.5. The summed E-state index contributed by atoms with van der Waals surface area (Å²) in [5, 5.41) is 10.8. The number of amides is 3. The van der Waals surface area contributed by atoms with Crippen molar-refractivity contribution in [1.82, 2.24) is 20.0 Å². The van der Waals surface area contributed by atoms with Crippen molar-refractivity contribution in [1.29, 1.82) is 0 Å². The van der Waals surface area contributed by atoms with Crippen LogP contribution in [0.25, 0.3) is 0 Å². The van der Waals surface area contributed by atoms with Gasteiger partial charge in [0.2, 0.25) is 22.7 Å². The third-order valence-corrected chi connectivity index (χ3v) is 7.50. The van der Waals surface area contributed by atoms with Gasteiger partial charge in [-0.25, -0.2) is 0 Å². The summed E-state index contributed by atoms with van der Waals surface area (Å²) < 4.78 is 10.6. The fourth-order valence-corrected chi connectivity index (χ4v) is 5.25. The normalized spacial score (nSPS) is 20.3. The number of hydrogen-bond donors (Lipinski definition) is 1. The van der Waals surface area contributed by atoms with Gasteiger partial charge in [-0.2, -0.15) is 0 Å². The Bertz CT molecular complexity index is 1100. The first-order valence-corrected chi connectivity index (χ1v) is 12.4. The number of nitrogens with zero attached hydrogens (tertiary/aromatic N) is 4. The van der Waals surface area contributed by atoms with E-state index in [0.717, 1.165) is 50.1 Å². The molecule has 2 aromatic rings. The minimum atomic E-state index is -0.457. The molecular weight excluding hydrogens is 458 g/mol. The molecule has 0 radical (unpaired) electrons. The Labute approximate surface area is 201 Å². The number of aromatic nitrogens is 2. The van der Waals surface area contributed by atoms with Gasteiger partial charge >= 0.3 is 0 Å². The summed E-state index contributed by atoms with van der Waals surface area (Å²) in [7, 11) is 0. The van der Waals surface area contributed by atoms with Crippen LogP contribution < -0.4 is 14.8 Å². The first-order valence-electron chi connectivity index (χ1n) is 11.6. The molecule has 1 atom stereocenters. The largest absolute Gasteiger partial charge is 0.454 e. The second-order valence-electron chi connectivity index (χ2n) is 9.03. The van der Waals surface area contributed by atoms with E-state index >= 15 is 0 Å². The maximum Gasteiger partial charge on any atom is 0.286 e. The van der Waals surface area contributed by atoms with E-state index in [1.807, 2.05) is 4.90 Å². The number of carbonyl (C=O) groups is 3. The predicted octanol–water partition coefficient (Wildman–Crippen LogP) is 2.63. The zero-order chi connectivity index (χ0) is 23.7. The standard InChI is InChI=1S/C23H27N5O5S/c1-14-6-9-27(10-7-14)22(30)15-3-2-8-28(12-15)23(31)21-26-25-20(34-21)19(29)24-16-4-5-17-18(11-16)33-13-32-17/h4-5,11,14-15H,2-3,6-10,12-13H2,1H3,(H,24,29). The van der Waals surface area contributed by atoms with Crippen LogP contribution in [-0.2, 0) is 4.79 Å². The Balaban J connectivity index is 1.20. The SMILES string of the molecule is CC1CCN(C(=O)C2CCCN(C(=O)c3nnc(C(=O)Nc4ccc5c(c4)OCO5)s3)C2)CC1. The molecular formula is C23H27N5O5S. The van der Waals surface area contributed by atoms with E-state index in [4.69, 9.17) is 9.47 Å². The fraction of sp³-hybridized carbons (Fsp3) is 0.522. The van der Waals surface area contributed by atoms with Crippen LogP contribution in [0.5, 0.6) is 11.5 Å². The summed E-state index contributed by atoms with van der Waals surface area (Å²) in [6.45, 7) is 4.90. The predicted molar refractivity (Wildman–Crippen MR) is 124 cm³/mol. The van der Waals surface area contributed by atoms with Gasteiger partial charge in [0, 0.05) is 37.9 Å². The van der Waals surface area contributed by atoms with Crippen LogP contribution >= 0.6 is 11.3 Å². The van der Waals surface area contributed by atoms with Crippen molar-refractivity contribution in [2.45, 2.75) is 32.6 Å². The summed E-state index contributed by atoms with van der Waals surface area (Å²) in [4.78, 5) is 42.3. The van der Waals surface area contributed by atoms with Crippen LogP contribution in [0.3, 0.4) is 0 Å². The van der Waals surface area contributed by atoms with Gasteiger partial charge in [0.05, 0.1) is 5.92 Å². The van der Waals surface area contributed by atoms with E-state index in [-0.39, 0.29) is 34.5 Å². The van der Waals surface area contributed by atoms with Crippen LogP contribution in [0.15, 0.2) is 18.2 Å². The van der Waals surface area contributed by atoms with Gasteiger partial charge in [-0.05, 0) is 43.7 Å². The average molecular weight is 486 g/mol. The highest BCUT2D eigenvalue weighted by molar-refractivity contribution is 7.15. The van der Waals surface area contributed by atoms with Crippen molar-refractivity contribution in [2.75, 3.05) is 38.3 Å². The molecule has 0 bridgehead atoms. The third kappa shape index (κ3) is 4.70. The molecule has 5 rings (SSSR count). The smallest absolute Gasteiger partial charge is 0.286 e. The Morgan fingerprint density at radius 3 is 2.59 bits per heavy atom. The summed E-state index contributed by atoms with van der Waals surface area (Å²) in [5.74, 6) is 1.04. The molecule has 180 valence electrons. The van der Waals surface area contributed by atoms with Gasteiger partial charge in [-0.1, -0.05) is 18.3 Å². The molecule has 1 aromatic heterocycles. The molecule has 1 N–H and O–H groups in total. The highest BCUT2D eigenvalue weighted by Crippen LogP contribution is 2.34. The zero-order valence-corrected chi connectivity index (χ0v) is 19.8. The van der Waals surface area contributed by atoms with Crippen molar-refractivity contribution in [3.63, 3.8) is 0 Å². The maximum absolute atomic E-state index is 13.1. The summed E-state index contributed by atoms with van der Waals surface area (Å²) in [6.07, 6.45) is 3.61. The van der Waals surface area contributed by atoms with Crippen LogP contribution in [0, 0.1) is 11.8 Å². The lowest BCUT2D eigenvalue weighted by Gasteiger charge is -2.37. The molecule has 2 saturated heterocycles. The number of carbonyl (C=O) groups excluding carboxylic acids is 3. The van der Waals surface area contributed by atoms with Gasteiger partial charge in [0.15, 0.2) is 11.5 Å². The van der Waals surface area contributed by atoms with E-state index in [9.17, 15) is 14.4 Å². The number of fused-ring (bicyclic) bond motifs is 1. The number of anilines is 1. The summed E-state index contributed by atoms with van der Waals surface area (Å²) in [6, 6.07) is 5.08. The molecule has 0 aliphatic carbocycles. The van der Waals surface area contributed by atoms with E-state index in [1.54, 1.807) is 23.1 Å². The molecule has 3 aliphatic rings. The van der Waals surface area contributed by atoms with Crippen molar-refractivity contribution in [3.05, 3.63) is 28.2 Å². The van der Waals surface area contributed by atoms with Crippen molar-refractivity contribution >= 4 is 34.7 Å². The van der Waals surface area contributed by atoms with Crippen molar-refractivity contribution in [2.24, 2.45) is 11.8 Å². The van der Waals surface area contributed by atoms with E-state index < -0.39 is 5.91 Å². The number of ether oxygens (including phenoxy) is 2. The van der Waals surface area contributed by atoms with Crippen LogP contribution in [-0.4, -0.2) is 70.7 Å². The molecule has 2 fully saturated rings. The van der Waals surface area contributed by atoms with Gasteiger partial charge in [-0.15, -0.1) is 10.2 Å². The minimum Gasteiger partial charge on any atom is -0.454 e. The number of likely N-dealkylation sites (tertiary alicyclic amines) is 2. The summed E-state index contributed by atoms with van der Waals surface area (Å²) in [5.41, 5.74) is 0.529. The third-order valence-electron chi connectivity index (χ3n) is 6.59. The number of benzene rings is 1. The number of hydrogen-bond acceptors (Lipinski definition) is 8. The monoisotopic (exact) mass is 485 g/mol. The highest BCUT2D eigenvalue weighted by atomic mass is 32.1. The first kappa shape index (κ1) is 22.6. The van der Waals surface area contributed by atoms with Gasteiger partial charge < -0.3 is 24.6 Å². The molecule has 1 aromatic carbocycles. The Kier molecular flexibility index (Phi) is 6.36. The quantitative estimate of drug-likeness (QED) is 0.708.